The van der Waals surface area contributed by atoms with Gasteiger partial charge in [-0.1, -0.05) is 38.1 Å². The van der Waals surface area contributed by atoms with Gasteiger partial charge in [-0.15, -0.1) is 0 Å². The average Bonchev–Trinajstić information content (AvgIpc) is 2.62. The van der Waals surface area contributed by atoms with E-state index in [1.807, 2.05) is 38.1 Å². The van der Waals surface area contributed by atoms with Crippen molar-refractivity contribution in [3.05, 3.63) is 35.4 Å². The van der Waals surface area contributed by atoms with E-state index in [0.29, 0.717) is 0 Å². The van der Waals surface area contributed by atoms with E-state index in [1.54, 1.807) is 0 Å². The molecule has 1 aromatic rings. The Balaban J connectivity index is 2.07. The molecule has 2 rings (SSSR count). The Bertz CT molecular complexity index is 759. The number of ether oxygens (including phenoxy) is 1. The predicted octanol–water partition coefficient (Wildman–Crippen LogP) is 1.22. The Kier molecular flexibility index (Phi) is 6.77. The molecule has 0 unspecified atom stereocenters. The lowest BCUT2D eigenvalue weighted by Crippen LogP contribution is -2.49. The first kappa shape index (κ1) is 20.4. The Labute approximate surface area is 154 Å². The molecule has 0 aromatic heterocycles. The van der Waals surface area contributed by atoms with E-state index in [0.717, 1.165) is 34.5 Å². The maximum atomic E-state index is 12.5. The number of amides is 1. The summed E-state index contributed by atoms with van der Waals surface area (Å²) in [5, 5.41) is 2.78. The maximum Gasteiger partial charge on any atom is 0.325 e. The predicted molar refractivity (Wildman–Crippen MR) is 97.8 cm³/mol. The Hall–Kier alpha value is -1.93. The standard InChI is InChI=1S/C18H26N2O5S/c1-4-15(5-2)19-17(21)12-25-18(22)16-10-13-8-6-7-9-14(13)11-20(16)26(3,23)24/h6-9,15-16H,4-5,10-12H2,1-3H3,(H,19,21)/t16-/m0/s1. The summed E-state index contributed by atoms with van der Waals surface area (Å²) in [6.07, 6.45) is 2.88. The molecular weight excluding hydrogens is 356 g/mol. The molecule has 0 fully saturated rings. The highest BCUT2D eigenvalue weighted by atomic mass is 32.2. The van der Waals surface area contributed by atoms with Crippen molar-refractivity contribution < 1.29 is 22.7 Å². The molecule has 0 bridgehead atoms. The lowest BCUT2D eigenvalue weighted by atomic mass is 9.96. The highest BCUT2D eigenvalue weighted by Gasteiger charge is 2.38. The summed E-state index contributed by atoms with van der Waals surface area (Å²) in [6, 6.07) is 6.48. The fraction of sp³-hybridized carbons (Fsp3) is 0.556. The highest BCUT2D eigenvalue weighted by Crippen LogP contribution is 2.26. The fourth-order valence-corrected chi connectivity index (χ4v) is 4.04. The van der Waals surface area contributed by atoms with Crippen molar-refractivity contribution in [1.82, 2.24) is 9.62 Å². The quantitative estimate of drug-likeness (QED) is 0.716. The van der Waals surface area contributed by atoms with Crippen LogP contribution in [0.3, 0.4) is 0 Å². The molecule has 1 aliphatic heterocycles. The third kappa shape index (κ3) is 5.04. The summed E-state index contributed by atoms with van der Waals surface area (Å²) in [4.78, 5) is 24.4. The number of nitrogens with one attached hydrogen (secondary N) is 1. The van der Waals surface area contributed by atoms with Crippen LogP contribution in [0.15, 0.2) is 24.3 Å². The van der Waals surface area contributed by atoms with Crippen molar-refractivity contribution in [2.24, 2.45) is 0 Å². The first-order valence-corrected chi connectivity index (χ1v) is 10.6. The van der Waals surface area contributed by atoms with Gasteiger partial charge >= 0.3 is 5.97 Å². The lowest BCUT2D eigenvalue weighted by molar-refractivity contribution is -0.152. The number of hydrogen-bond donors (Lipinski definition) is 1. The molecule has 1 atom stereocenters. The molecule has 1 aromatic carbocycles. The second kappa shape index (κ2) is 8.64. The fourth-order valence-electron chi connectivity index (χ4n) is 3.04. The van der Waals surface area contributed by atoms with Crippen LogP contribution in [0.25, 0.3) is 0 Å². The summed E-state index contributed by atoms with van der Waals surface area (Å²) < 4.78 is 30.5. The minimum atomic E-state index is -3.60. The topological polar surface area (TPSA) is 92.8 Å². The summed E-state index contributed by atoms with van der Waals surface area (Å²) in [5.74, 6) is -1.08. The normalized spacial score (nSPS) is 17.6. The van der Waals surface area contributed by atoms with E-state index in [4.69, 9.17) is 4.74 Å². The van der Waals surface area contributed by atoms with E-state index in [-0.39, 0.29) is 24.9 Å². The smallest absolute Gasteiger partial charge is 0.325 e. The van der Waals surface area contributed by atoms with Crippen LogP contribution < -0.4 is 5.32 Å². The second-order valence-corrected chi connectivity index (χ2v) is 8.42. The molecule has 0 saturated carbocycles. The number of carbonyl (C=O) groups excluding carboxylic acids is 2. The maximum absolute atomic E-state index is 12.5. The van der Waals surface area contributed by atoms with Crippen molar-refractivity contribution in [2.45, 2.75) is 51.7 Å². The van der Waals surface area contributed by atoms with Crippen LogP contribution in [0.2, 0.25) is 0 Å². The van der Waals surface area contributed by atoms with Gasteiger partial charge in [0.1, 0.15) is 6.04 Å². The number of sulfonamides is 1. The van der Waals surface area contributed by atoms with Gasteiger partial charge in [-0.25, -0.2) is 8.42 Å². The van der Waals surface area contributed by atoms with Crippen molar-refractivity contribution in [3.63, 3.8) is 0 Å². The molecule has 0 saturated heterocycles. The monoisotopic (exact) mass is 382 g/mol. The van der Waals surface area contributed by atoms with Gasteiger partial charge in [-0.05, 0) is 24.0 Å². The van der Waals surface area contributed by atoms with Gasteiger partial charge in [-0.3, -0.25) is 9.59 Å². The zero-order chi connectivity index (χ0) is 19.3. The number of hydrogen-bond acceptors (Lipinski definition) is 5. The van der Waals surface area contributed by atoms with E-state index in [1.165, 1.54) is 0 Å². The minimum absolute atomic E-state index is 0.0373. The molecule has 0 aliphatic carbocycles. The summed E-state index contributed by atoms with van der Waals surface area (Å²) in [6.45, 7) is 3.63. The minimum Gasteiger partial charge on any atom is -0.454 e. The summed E-state index contributed by atoms with van der Waals surface area (Å²) >= 11 is 0. The third-order valence-electron chi connectivity index (χ3n) is 4.60. The first-order chi connectivity index (χ1) is 12.3. The van der Waals surface area contributed by atoms with Crippen LogP contribution in [-0.2, 0) is 37.3 Å². The van der Waals surface area contributed by atoms with E-state index in [2.05, 4.69) is 5.32 Å². The van der Waals surface area contributed by atoms with Crippen molar-refractivity contribution in [2.75, 3.05) is 12.9 Å². The van der Waals surface area contributed by atoms with Gasteiger partial charge in [-0.2, -0.15) is 4.31 Å². The first-order valence-electron chi connectivity index (χ1n) is 8.75. The van der Waals surface area contributed by atoms with Crippen LogP contribution in [0, 0.1) is 0 Å². The Morgan fingerprint density at radius 3 is 2.42 bits per heavy atom. The molecule has 0 spiro atoms. The van der Waals surface area contributed by atoms with Gasteiger partial charge in [0.25, 0.3) is 5.91 Å². The summed E-state index contributed by atoms with van der Waals surface area (Å²) in [5.41, 5.74) is 1.78. The van der Waals surface area contributed by atoms with Crippen LogP contribution in [-0.4, -0.2) is 49.5 Å². The van der Waals surface area contributed by atoms with E-state index >= 15 is 0 Å². The van der Waals surface area contributed by atoms with Crippen LogP contribution >= 0.6 is 0 Å². The highest BCUT2D eigenvalue weighted by molar-refractivity contribution is 7.88. The molecule has 144 valence electrons. The van der Waals surface area contributed by atoms with Gasteiger partial charge in [0.05, 0.1) is 6.26 Å². The SMILES string of the molecule is CCC(CC)NC(=O)COC(=O)[C@@H]1Cc2ccccc2CN1S(C)(=O)=O. The van der Waals surface area contributed by atoms with E-state index < -0.39 is 28.6 Å². The number of carbonyl (C=O) groups is 2. The van der Waals surface area contributed by atoms with Crippen LogP contribution in [0.1, 0.15) is 37.8 Å². The van der Waals surface area contributed by atoms with Crippen molar-refractivity contribution in [3.8, 4) is 0 Å². The molecule has 7 nitrogen and oxygen atoms in total. The molecule has 26 heavy (non-hydrogen) atoms. The van der Waals surface area contributed by atoms with E-state index in [9.17, 15) is 18.0 Å². The van der Waals surface area contributed by atoms with Crippen molar-refractivity contribution in [1.29, 1.82) is 0 Å². The van der Waals surface area contributed by atoms with Crippen LogP contribution in [0.4, 0.5) is 0 Å². The molecule has 1 N–H and O–H groups in total. The molecule has 8 heteroatoms. The van der Waals surface area contributed by atoms with Gasteiger partial charge in [0.15, 0.2) is 6.61 Å². The average molecular weight is 382 g/mol. The lowest BCUT2D eigenvalue weighted by Gasteiger charge is -2.33. The van der Waals surface area contributed by atoms with Crippen molar-refractivity contribution >= 4 is 21.9 Å². The molecule has 1 aliphatic rings. The number of rotatable bonds is 7. The number of esters is 1. The number of nitrogens with zero attached hydrogens (tertiary/aromatic N) is 1. The zero-order valence-corrected chi connectivity index (χ0v) is 16.2. The molecule has 0 radical (unpaired) electrons. The number of fused-ring (bicyclic) bond motifs is 1. The largest absolute Gasteiger partial charge is 0.454 e. The van der Waals surface area contributed by atoms with Gasteiger partial charge < -0.3 is 10.1 Å². The number of benzene rings is 1. The van der Waals surface area contributed by atoms with Gasteiger partial charge in [0, 0.05) is 19.0 Å². The second-order valence-electron chi connectivity index (χ2n) is 6.49. The summed E-state index contributed by atoms with van der Waals surface area (Å²) in [7, 11) is -3.60. The van der Waals surface area contributed by atoms with Gasteiger partial charge in [0.2, 0.25) is 10.0 Å². The zero-order valence-electron chi connectivity index (χ0n) is 15.4. The molecular formula is C18H26N2O5S. The molecule has 1 heterocycles. The Morgan fingerprint density at radius 2 is 1.85 bits per heavy atom. The Morgan fingerprint density at radius 1 is 1.23 bits per heavy atom. The molecule has 1 amide bonds. The third-order valence-corrected chi connectivity index (χ3v) is 5.84. The van der Waals surface area contributed by atoms with Crippen LogP contribution in [0.5, 0.6) is 0 Å².